The van der Waals surface area contributed by atoms with Crippen LogP contribution >= 0.6 is 0 Å². The molecule has 0 spiro atoms. The van der Waals surface area contributed by atoms with Gasteiger partial charge in [0.15, 0.2) is 0 Å². The molecule has 0 saturated heterocycles. The van der Waals surface area contributed by atoms with E-state index in [0.29, 0.717) is 17.7 Å². The first kappa shape index (κ1) is 39.1. The third-order valence-electron chi connectivity index (χ3n) is 7.45. The summed E-state index contributed by atoms with van der Waals surface area (Å²) in [5.74, 6) is -1.35. The number of methoxy groups -OCH3 is 2. The summed E-state index contributed by atoms with van der Waals surface area (Å²) in [7, 11) is 2.89. The number of carbonyl (C=O) groups is 5. The molecule has 0 fully saturated rings. The average Bonchev–Trinajstić information content (AvgIpc) is 3.10. The fourth-order valence-corrected chi connectivity index (χ4v) is 4.75. The Kier molecular flexibility index (Phi) is 15.3. The fraction of sp³-hybridized carbons (Fsp3) is 0.395. The van der Waals surface area contributed by atoms with Gasteiger partial charge in [0, 0.05) is 25.8 Å². The molecule has 0 saturated carbocycles. The average molecular weight is 690 g/mol. The summed E-state index contributed by atoms with van der Waals surface area (Å²) in [5, 5.41) is 8.19. The Morgan fingerprint density at radius 1 is 0.680 bits per heavy atom. The Bertz CT molecular complexity index is 1550. The van der Waals surface area contributed by atoms with Crippen LogP contribution in [-0.4, -0.2) is 61.8 Å². The van der Waals surface area contributed by atoms with Crippen LogP contribution in [0.2, 0.25) is 0 Å². The van der Waals surface area contributed by atoms with E-state index >= 15 is 0 Å². The van der Waals surface area contributed by atoms with E-state index in [1.165, 1.54) is 7.11 Å². The molecule has 3 rings (SSSR count). The summed E-state index contributed by atoms with van der Waals surface area (Å²) < 4.78 is 20.7. The van der Waals surface area contributed by atoms with Gasteiger partial charge in [0.25, 0.3) is 0 Å². The second-order valence-corrected chi connectivity index (χ2v) is 12.6. The molecule has 0 bridgehead atoms. The Morgan fingerprint density at radius 2 is 1.32 bits per heavy atom. The van der Waals surface area contributed by atoms with Crippen LogP contribution in [0, 0.1) is 0 Å². The predicted molar refractivity (Wildman–Crippen MR) is 186 cm³/mol. The number of alkyl carbamates (subject to hydrolysis) is 1. The van der Waals surface area contributed by atoms with Crippen LogP contribution in [-0.2, 0) is 59.4 Å². The van der Waals surface area contributed by atoms with Crippen LogP contribution in [0.15, 0.2) is 78.9 Å². The van der Waals surface area contributed by atoms with Crippen LogP contribution in [0.5, 0.6) is 5.75 Å². The summed E-state index contributed by atoms with van der Waals surface area (Å²) >= 11 is 0. The predicted octanol–water partition coefficient (Wildman–Crippen LogP) is 4.56. The number of nitrogens with one attached hydrogen (secondary N) is 3. The van der Waals surface area contributed by atoms with Gasteiger partial charge in [0.1, 0.15) is 30.0 Å². The lowest BCUT2D eigenvalue weighted by Crippen LogP contribution is -2.55. The van der Waals surface area contributed by atoms with Crippen LogP contribution < -0.4 is 20.7 Å². The molecule has 0 heterocycles. The maximum absolute atomic E-state index is 13.8. The minimum Gasteiger partial charge on any atom is -0.497 e. The first-order valence-corrected chi connectivity index (χ1v) is 16.4. The van der Waals surface area contributed by atoms with Crippen molar-refractivity contribution in [3.63, 3.8) is 0 Å². The van der Waals surface area contributed by atoms with Crippen LogP contribution in [0.25, 0.3) is 0 Å². The molecule has 0 aliphatic carbocycles. The van der Waals surface area contributed by atoms with Crippen molar-refractivity contribution in [1.29, 1.82) is 0 Å². The number of hydrogen-bond donors (Lipinski definition) is 3. The Labute approximate surface area is 293 Å². The van der Waals surface area contributed by atoms with Gasteiger partial charge in [-0.1, -0.05) is 66.7 Å². The molecule has 3 N–H and O–H groups in total. The van der Waals surface area contributed by atoms with Crippen molar-refractivity contribution in [1.82, 2.24) is 16.0 Å². The molecule has 12 heteroatoms. The van der Waals surface area contributed by atoms with E-state index in [1.54, 1.807) is 64.3 Å². The molecule has 0 aliphatic rings. The maximum atomic E-state index is 13.8. The van der Waals surface area contributed by atoms with Crippen molar-refractivity contribution in [3.8, 4) is 5.75 Å². The molecule has 3 amide bonds. The van der Waals surface area contributed by atoms with Gasteiger partial charge in [0.05, 0.1) is 14.2 Å². The van der Waals surface area contributed by atoms with E-state index in [9.17, 15) is 24.0 Å². The first-order valence-electron chi connectivity index (χ1n) is 16.4. The van der Waals surface area contributed by atoms with Gasteiger partial charge in [-0.2, -0.15) is 0 Å². The van der Waals surface area contributed by atoms with Crippen molar-refractivity contribution in [3.05, 3.63) is 101 Å². The van der Waals surface area contributed by atoms with E-state index in [2.05, 4.69) is 16.0 Å². The molecule has 12 nitrogen and oxygen atoms in total. The highest BCUT2D eigenvalue weighted by atomic mass is 16.6. The number of aryl methyl sites for hydroxylation is 1. The maximum Gasteiger partial charge on any atom is 0.408 e. The van der Waals surface area contributed by atoms with Gasteiger partial charge in [-0.3, -0.25) is 19.2 Å². The number of benzene rings is 3. The number of rotatable bonds is 17. The topological polar surface area (TPSA) is 158 Å². The second kappa shape index (κ2) is 19.6. The van der Waals surface area contributed by atoms with E-state index in [0.717, 1.165) is 16.7 Å². The van der Waals surface area contributed by atoms with Crippen molar-refractivity contribution in [2.24, 2.45) is 0 Å². The highest BCUT2D eigenvalue weighted by Crippen LogP contribution is 2.14. The minimum absolute atomic E-state index is 0.0537. The lowest BCUT2D eigenvalue weighted by atomic mass is 10.0. The van der Waals surface area contributed by atoms with Crippen molar-refractivity contribution in [2.45, 2.75) is 83.7 Å². The lowest BCUT2D eigenvalue weighted by Gasteiger charge is -2.25. The standard InChI is InChI=1S/C38H47N3O9/c1-38(2,3)50-37(46)41-32(23-27-13-11-26(12-14-27)17-21-33(42)48-5)36(45)40-31(20-22-34(43)49-25-29-9-7-6-8-10-29)35(44)39-24-28-15-18-30(47-4)19-16-28/h6-16,18-19,31-32H,17,20-25H2,1-5H3,(H,39,44)(H,40,45)(H,41,46)/t31-,32-/m0/s1. The highest BCUT2D eigenvalue weighted by molar-refractivity contribution is 5.91. The molecule has 268 valence electrons. The van der Waals surface area contributed by atoms with Crippen molar-refractivity contribution in [2.75, 3.05) is 14.2 Å². The Morgan fingerprint density at radius 3 is 1.94 bits per heavy atom. The van der Waals surface area contributed by atoms with E-state index in [1.807, 2.05) is 42.5 Å². The van der Waals surface area contributed by atoms with Crippen LogP contribution in [0.4, 0.5) is 4.79 Å². The minimum atomic E-state index is -1.13. The smallest absolute Gasteiger partial charge is 0.408 e. The zero-order valence-corrected chi connectivity index (χ0v) is 29.3. The first-order chi connectivity index (χ1) is 23.8. The highest BCUT2D eigenvalue weighted by Gasteiger charge is 2.29. The van der Waals surface area contributed by atoms with Gasteiger partial charge in [-0.25, -0.2) is 4.79 Å². The molecular formula is C38H47N3O9. The molecule has 0 aromatic heterocycles. The largest absolute Gasteiger partial charge is 0.497 e. The van der Waals surface area contributed by atoms with Gasteiger partial charge < -0.3 is 34.9 Å². The number of esters is 2. The molecule has 0 radical (unpaired) electrons. The molecule has 0 unspecified atom stereocenters. The van der Waals surface area contributed by atoms with E-state index < -0.39 is 41.6 Å². The van der Waals surface area contributed by atoms with Gasteiger partial charge >= 0.3 is 18.0 Å². The summed E-state index contributed by atoms with van der Waals surface area (Å²) in [5.41, 5.74) is 2.40. The summed E-state index contributed by atoms with van der Waals surface area (Å²) in [6, 6.07) is 21.3. The van der Waals surface area contributed by atoms with Gasteiger partial charge in [0.2, 0.25) is 11.8 Å². The summed E-state index contributed by atoms with van der Waals surface area (Å²) in [4.78, 5) is 64.3. The lowest BCUT2D eigenvalue weighted by molar-refractivity contribution is -0.145. The molecule has 2 atom stereocenters. The molecule has 3 aromatic carbocycles. The van der Waals surface area contributed by atoms with E-state index in [4.69, 9.17) is 18.9 Å². The van der Waals surface area contributed by atoms with Crippen LogP contribution in [0.1, 0.15) is 62.3 Å². The fourth-order valence-electron chi connectivity index (χ4n) is 4.75. The zero-order chi connectivity index (χ0) is 36.5. The number of hydrogen-bond acceptors (Lipinski definition) is 9. The SMILES string of the molecule is COC(=O)CCc1ccc(C[C@H](NC(=O)OC(C)(C)C)C(=O)N[C@@H](CCC(=O)OCc2ccccc2)C(=O)NCc2ccc(OC)cc2)cc1. The van der Waals surface area contributed by atoms with Crippen molar-refractivity contribution < 1.29 is 42.9 Å². The molecule has 50 heavy (non-hydrogen) atoms. The third-order valence-corrected chi connectivity index (χ3v) is 7.45. The number of amides is 3. The molecular weight excluding hydrogens is 642 g/mol. The van der Waals surface area contributed by atoms with Gasteiger partial charge in [-0.05, 0) is 68.0 Å². The second-order valence-electron chi connectivity index (χ2n) is 12.6. The molecule has 3 aromatic rings. The van der Waals surface area contributed by atoms with Gasteiger partial charge in [-0.15, -0.1) is 0 Å². The monoisotopic (exact) mass is 689 g/mol. The quantitative estimate of drug-likeness (QED) is 0.137. The zero-order valence-electron chi connectivity index (χ0n) is 29.3. The molecule has 0 aliphatic heterocycles. The summed E-state index contributed by atoms with van der Waals surface area (Å²) in [6.07, 6.45) is -0.233. The summed E-state index contributed by atoms with van der Waals surface area (Å²) in [6.45, 7) is 5.34. The normalized spacial score (nSPS) is 12.1. The van der Waals surface area contributed by atoms with Crippen LogP contribution in [0.3, 0.4) is 0 Å². The number of ether oxygens (including phenoxy) is 4. The third kappa shape index (κ3) is 14.4. The van der Waals surface area contributed by atoms with Crippen molar-refractivity contribution >= 4 is 29.8 Å². The van der Waals surface area contributed by atoms with E-state index in [-0.39, 0.29) is 44.8 Å². The Balaban J connectivity index is 1.75. The number of carbonyl (C=O) groups excluding carboxylic acids is 5. The Hall–Kier alpha value is -5.39.